The highest BCUT2D eigenvalue weighted by Gasteiger charge is 2.25. The van der Waals surface area contributed by atoms with Crippen LogP contribution in [-0.2, 0) is 11.8 Å². The van der Waals surface area contributed by atoms with Crippen LogP contribution in [0, 0.1) is 5.92 Å². The van der Waals surface area contributed by atoms with Gasteiger partial charge in [-0.15, -0.1) is 10.2 Å². The second-order valence-corrected chi connectivity index (χ2v) is 7.20. The zero-order valence-corrected chi connectivity index (χ0v) is 15.8. The highest BCUT2D eigenvalue weighted by atomic mass is 19.1. The second kappa shape index (κ2) is 8.02. The number of nitrogens with zero attached hydrogens (tertiary/aromatic N) is 5. The van der Waals surface area contributed by atoms with Crippen molar-refractivity contribution in [2.24, 2.45) is 13.0 Å². The van der Waals surface area contributed by atoms with E-state index in [0.29, 0.717) is 12.4 Å². The lowest BCUT2D eigenvalue weighted by molar-refractivity contribution is -0.121. The first kappa shape index (κ1) is 18.5. The van der Waals surface area contributed by atoms with Gasteiger partial charge in [0.1, 0.15) is 6.67 Å². The third-order valence-electron chi connectivity index (χ3n) is 5.23. The summed E-state index contributed by atoms with van der Waals surface area (Å²) < 4.78 is 14.2. The highest BCUT2D eigenvalue weighted by molar-refractivity contribution is 5.94. The molecule has 1 aliphatic heterocycles. The SMILES string of the molecule is Cn1cc(-c2ccc3nnc(NC(=O)C4CCN(CCF)CC4)cc3c2)cn1. The summed E-state index contributed by atoms with van der Waals surface area (Å²) in [4.78, 5) is 14.6. The number of fused-ring (bicyclic) bond motifs is 1. The van der Waals surface area contributed by atoms with Crippen molar-refractivity contribution in [3.8, 4) is 11.1 Å². The molecule has 3 aromatic rings. The van der Waals surface area contributed by atoms with E-state index in [1.54, 1.807) is 4.68 Å². The van der Waals surface area contributed by atoms with E-state index in [1.807, 2.05) is 43.7 Å². The minimum Gasteiger partial charge on any atom is -0.309 e. The van der Waals surface area contributed by atoms with Crippen LogP contribution in [0.1, 0.15) is 12.8 Å². The molecule has 1 N–H and O–H groups in total. The summed E-state index contributed by atoms with van der Waals surface area (Å²) in [5.74, 6) is 0.332. The molecule has 1 saturated heterocycles. The van der Waals surface area contributed by atoms with Crippen LogP contribution < -0.4 is 5.32 Å². The number of halogens is 1. The Morgan fingerprint density at radius 2 is 2.04 bits per heavy atom. The molecule has 0 atom stereocenters. The molecule has 1 aliphatic rings. The molecule has 4 rings (SSSR count). The summed E-state index contributed by atoms with van der Waals surface area (Å²) in [6.07, 6.45) is 5.23. The Balaban J connectivity index is 1.47. The minimum absolute atomic E-state index is 0.0445. The summed E-state index contributed by atoms with van der Waals surface area (Å²) in [6, 6.07) is 7.76. The number of likely N-dealkylation sites (tertiary alicyclic amines) is 1. The van der Waals surface area contributed by atoms with Crippen LogP contribution in [0.5, 0.6) is 0 Å². The van der Waals surface area contributed by atoms with Gasteiger partial charge in [0.15, 0.2) is 5.82 Å². The number of hydrogen-bond donors (Lipinski definition) is 1. The standard InChI is InChI=1S/C20H23FN6O/c1-26-13-17(12-22-26)15-2-3-18-16(10-15)11-19(25-24-18)23-20(28)14-4-7-27(8-5-14)9-6-21/h2-3,10-14H,4-9H2,1H3,(H,23,25,28). The van der Waals surface area contributed by atoms with Crippen LogP contribution >= 0.6 is 0 Å². The second-order valence-electron chi connectivity index (χ2n) is 7.20. The number of rotatable bonds is 5. The lowest BCUT2D eigenvalue weighted by Gasteiger charge is -2.30. The predicted molar refractivity (Wildman–Crippen MR) is 106 cm³/mol. The Hall–Kier alpha value is -2.87. The van der Waals surface area contributed by atoms with Crippen LogP contribution in [0.4, 0.5) is 10.2 Å². The number of benzene rings is 1. The molecule has 146 valence electrons. The quantitative estimate of drug-likeness (QED) is 0.734. The third kappa shape index (κ3) is 4.01. The lowest BCUT2D eigenvalue weighted by atomic mass is 9.96. The molecule has 0 saturated carbocycles. The molecule has 3 heterocycles. The molecule has 8 heteroatoms. The van der Waals surface area contributed by atoms with Gasteiger partial charge in [-0.2, -0.15) is 5.10 Å². The van der Waals surface area contributed by atoms with Gasteiger partial charge in [-0.25, -0.2) is 4.39 Å². The van der Waals surface area contributed by atoms with Gasteiger partial charge in [0.2, 0.25) is 5.91 Å². The molecule has 0 aliphatic carbocycles. The Bertz CT molecular complexity index is 980. The van der Waals surface area contributed by atoms with Crippen molar-refractivity contribution in [2.45, 2.75) is 12.8 Å². The van der Waals surface area contributed by atoms with E-state index < -0.39 is 0 Å². The molecule has 2 aromatic heterocycles. The fourth-order valence-corrected chi connectivity index (χ4v) is 3.62. The topological polar surface area (TPSA) is 75.9 Å². The van der Waals surface area contributed by atoms with Crippen LogP contribution in [0.3, 0.4) is 0 Å². The number of amides is 1. The van der Waals surface area contributed by atoms with Gasteiger partial charge in [0.25, 0.3) is 0 Å². The molecule has 7 nitrogen and oxygen atoms in total. The van der Waals surface area contributed by atoms with E-state index in [-0.39, 0.29) is 18.5 Å². The van der Waals surface area contributed by atoms with Crippen molar-refractivity contribution in [3.05, 3.63) is 36.7 Å². The first-order valence-electron chi connectivity index (χ1n) is 9.48. The van der Waals surface area contributed by atoms with E-state index in [0.717, 1.165) is 48.0 Å². The third-order valence-corrected chi connectivity index (χ3v) is 5.23. The van der Waals surface area contributed by atoms with E-state index in [4.69, 9.17) is 0 Å². The Labute approximate surface area is 162 Å². The first-order valence-corrected chi connectivity index (χ1v) is 9.48. The van der Waals surface area contributed by atoms with Gasteiger partial charge in [-0.05, 0) is 49.7 Å². The Morgan fingerprint density at radius 1 is 1.21 bits per heavy atom. The fourth-order valence-electron chi connectivity index (χ4n) is 3.62. The number of carbonyl (C=O) groups excluding carboxylic acids is 1. The summed E-state index contributed by atoms with van der Waals surface area (Å²) in [5.41, 5.74) is 2.82. The molecule has 28 heavy (non-hydrogen) atoms. The number of aryl methyl sites for hydroxylation is 1. The number of aromatic nitrogens is 4. The van der Waals surface area contributed by atoms with Crippen molar-refractivity contribution in [3.63, 3.8) is 0 Å². The zero-order valence-electron chi connectivity index (χ0n) is 15.8. The Morgan fingerprint density at radius 3 is 2.75 bits per heavy atom. The van der Waals surface area contributed by atoms with Gasteiger partial charge in [-0.3, -0.25) is 9.48 Å². The minimum atomic E-state index is -0.343. The molecule has 0 radical (unpaired) electrons. The van der Waals surface area contributed by atoms with Crippen molar-refractivity contribution < 1.29 is 9.18 Å². The molecular formula is C20H23FN6O. The average molecular weight is 382 g/mol. The predicted octanol–water partition coefficient (Wildman–Crippen LogP) is 2.65. The number of alkyl halides is 1. The van der Waals surface area contributed by atoms with Crippen LogP contribution in [0.25, 0.3) is 22.0 Å². The number of anilines is 1. The largest absolute Gasteiger partial charge is 0.309 e. The van der Waals surface area contributed by atoms with E-state index >= 15 is 0 Å². The van der Waals surface area contributed by atoms with Crippen LogP contribution in [0.2, 0.25) is 0 Å². The van der Waals surface area contributed by atoms with Crippen molar-refractivity contribution >= 4 is 22.6 Å². The zero-order chi connectivity index (χ0) is 19.5. The van der Waals surface area contributed by atoms with E-state index in [1.165, 1.54) is 0 Å². The summed E-state index contributed by atoms with van der Waals surface area (Å²) in [6.45, 7) is 1.61. The number of piperidine rings is 1. The molecule has 1 amide bonds. The van der Waals surface area contributed by atoms with Crippen molar-refractivity contribution in [1.29, 1.82) is 0 Å². The average Bonchev–Trinajstić information content (AvgIpc) is 3.14. The van der Waals surface area contributed by atoms with Crippen LogP contribution in [0.15, 0.2) is 36.7 Å². The molecule has 1 aromatic carbocycles. The van der Waals surface area contributed by atoms with E-state index in [9.17, 15) is 9.18 Å². The first-order chi connectivity index (χ1) is 13.6. The molecule has 0 unspecified atom stereocenters. The normalized spacial score (nSPS) is 15.8. The Kier molecular flexibility index (Phi) is 5.29. The highest BCUT2D eigenvalue weighted by Crippen LogP contribution is 2.25. The number of hydrogen-bond acceptors (Lipinski definition) is 5. The van der Waals surface area contributed by atoms with Gasteiger partial charge in [0, 0.05) is 36.7 Å². The summed E-state index contributed by atoms with van der Waals surface area (Å²) >= 11 is 0. The maximum Gasteiger partial charge on any atom is 0.228 e. The maximum absolute atomic E-state index is 12.6. The number of nitrogens with one attached hydrogen (secondary N) is 1. The van der Waals surface area contributed by atoms with Crippen molar-refractivity contribution in [2.75, 3.05) is 31.6 Å². The van der Waals surface area contributed by atoms with E-state index in [2.05, 4.69) is 25.5 Å². The smallest absolute Gasteiger partial charge is 0.228 e. The fraction of sp³-hybridized carbons (Fsp3) is 0.400. The molecular weight excluding hydrogens is 359 g/mol. The van der Waals surface area contributed by atoms with Gasteiger partial charge in [0.05, 0.1) is 11.7 Å². The van der Waals surface area contributed by atoms with Crippen molar-refractivity contribution in [1.82, 2.24) is 24.9 Å². The lowest BCUT2D eigenvalue weighted by Crippen LogP contribution is -2.39. The molecule has 1 fully saturated rings. The molecule has 0 spiro atoms. The monoisotopic (exact) mass is 382 g/mol. The molecule has 0 bridgehead atoms. The van der Waals surface area contributed by atoms with Gasteiger partial charge >= 0.3 is 0 Å². The van der Waals surface area contributed by atoms with Gasteiger partial charge in [-0.1, -0.05) is 6.07 Å². The summed E-state index contributed by atoms with van der Waals surface area (Å²) in [5, 5.41) is 16.4. The summed E-state index contributed by atoms with van der Waals surface area (Å²) in [7, 11) is 1.88. The number of carbonyl (C=O) groups is 1. The van der Waals surface area contributed by atoms with Crippen LogP contribution in [-0.4, -0.2) is 57.1 Å². The van der Waals surface area contributed by atoms with Gasteiger partial charge < -0.3 is 10.2 Å². The maximum atomic E-state index is 12.6.